The molecule has 3 aromatic rings. The fourth-order valence-corrected chi connectivity index (χ4v) is 5.60. The molecule has 44 heavy (non-hydrogen) atoms. The van der Waals surface area contributed by atoms with Gasteiger partial charge in [-0.2, -0.15) is 5.01 Å². The SMILES string of the molecule is CC1=CC[C@H]2C(=O)N(N(CC(=O)c3ccc(OC(=O)c4ccc(Cl)cc4Cl)cc3)C(=O)c3ccc([N+](=O)[O-])cc3)C(=O)[C@@H]2C1. The van der Waals surface area contributed by atoms with Crippen LogP contribution in [0.25, 0.3) is 0 Å². The number of carbonyl (C=O) groups is 5. The molecule has 11 nitrogen and oxygen atoms in total. The Kier molecular flexibility index (Phi) is 8.61. The van der Waals surface area contributed by atoms with E-state index in [1.807, 2.05) is 13.0 Å². The molecule has 2 atom stereocenters. The molecule has 0 radical (unpaired) electrons. The molecule has 1 aliphatic heterocycles. The fourth-order valence-electron chi connectivity index (χ4n) is 5.12. The molecule has 5 rings (SSSR count). The van der Waals surface area contributed by atoms with Crippen LogP contribution in [-0.4, -0.2) is 51.0 Å². The van der Waals surface area contributed by atoms with Gasteiger partial charge in [-0.3, -0.25) is 29.3 Å². The van der Waals surface area contributed by atoms with Gasteiger partial charge in [-0.1, -0.05) is 34.9 Å². The third-order valence-electron chi connectivity index (χ3n) is 7.43. The molecule has 224 valence electrons. The highest BCUT2D eigenvalue weighted by molar-refractivity contribution is 6.36. The zero-order chi connectivity index (χ0) is 31.7. The van der Waals surface area contributed by atoms with Gasteiger partial charge in [-0.05, 0) is 74.4 Å². The summed E-state index contributed by atoms with van der Waals surface area (Å²) in [6.45, 7) is 1.17. The quantitative estimate of drug-likeness (QED) is 0.0583. The van der Waals surface area contributed by atoms with E-state index in [0.717, 1.165) is 27.7 Å². The van der Waals surface area contributed by atoms with Crippen LogP contribution in [0.2, 0.25) is 10.0 Å². The summed E-state index contributed by atoms with van der Waals surface area (Å²) in [4.78, 5) is 77.0. The van der Waals surface area contributed by atoms with Crippen molar-refractivity contribution in [3.63, 3.8) is 0 Å². The van der Waals surface area contributed by atoms with Crippen LogP contribution in [0.4, 0.5) is 5.69 Å². The number of ketones is 1. The van der Waals surface area contributed by atoms with Crippen molar-refractivity contribution in [3.05, 3.63) is 115 Å². The van der Waals surface area contributed by atoms with Gasteiger partial charge in [-0.25, -0.2) is 9.80 Å². The number of ether oxygens (including phenoxy) is 1. The van der Waals surface area contributed by atoms with Crippen molar-refractivity contribution in [3.8, 4) is 5.75 Å². The average Bonchev–Trinajstić information content (AvgIpc) is 3.24. The number of esters is 1. The zero-order valence-electron chi connectivity index (χ0n) is 23.1. The second-order valence-electron chi connectivity index (χ2n) is 10.3. The molecule has 1 fully saturated rings. The number of carbonyl (C=O) groups excluding carboxylic acids is 5. The number of Topliss-reactive ketones (excluding diaryl/α,β-unsaturated/α-hetero) is 1. The largest absolute Gasteiger partial charge is 0.423 e. The predicted molar refractivity (Wildman–Crippen MR) is 158 cm³/mol. The highest BCUT2D eigenvalue weighted by Crippen LogP contribution is 2.38. The van der Waals surface area contributed by atoms with Crippen molar-refractivity contribution in [1.29, 1.82) is 0 Å². The number of hydrazine groups is 1. The van der Waals surface area contributed by atoms with Crippen LogP contribution >= 0.6 is 23.2 Å². The van der Waals surface area contributed by atoms with Gasteiger partial charge in [0, 0.05) is 28.3 Å². The maximum atomic E-state index is 13.7. The average molecular weight is 636 g/mol. The Hall–Kier alpha value is -4.87. The van der Waals surface area contributed by atoms with Crippen LogP contribution in [0.3, 0.4) is 0 Å². The molecule has 0 aromatic heterocycles. The Balaban J connectivity index is 1.38. The van der Waals surface area contributed by atoms with Gasteiger partial charge in [0.25, 0.3) is 23.4 Å². The Bertz CT molecular complexity index is 1740. The van der Waals surface area contributed by atoms with E-state index in [-0.39, 0.29) is 33.1 Å². The number of allylic oxidation sites excluding steroid dienone is 2. The lowest BCUT2D eigenvalue weighted by atomic mass is 9.82. The van der Waals surface area contributed by atoms with Crippen LogP contribution in [0, 0.1) is 22.0 Å². The minimum atomic E-state index is -0.858. The van der Waals surface area contributed by atoms with E-state index in [0.29, 0.717) is 17.9 Å². The number of non-ortho nitro benzene ring substituents is 1. The van der Waals surface area contributed by atoms with Crippen LogP contribution in [0.15, 0.2) is 78.4 Å². The van der Waals surface area contributed by atoms with Gasteiger partial charge in [0.2, 0.25) is 0 Å². The monoisotopic (exact) mass is 635 g/mol. The van der Waals surface area contributed by atoms with E-state index >= 15 is 0 Å². The standard InChI is InChI=1S/C31H23Cl2N3O8/c1-17-2-12-23-25(14-17)30(40)35(29(23)39)34(28(38)19-3-8-21(9-4-19)36(42)43)16-27(37)18-5-10-22(11-6-18)44-31(41)24-13-7-20(32)15-26(24)33/h2-11,13,15,23,25H,12,14,16H2,1H3/t23-,25-/m1/s1. The first-order valence-corrected chi connectivity index (χ1v) is 14.1. The van der Waals surface area contributed by atoms with E-state index in [1.165, 1.54) is 54.6 Å². The molecule has 1 heterocycles. The van der Waals surface area contributed by atoms with Crippen LogP contribution in [-0.2, 0) is 9.59 Å². The lowest BCUT2D eigenvalue weighted by molar-refractivity contribution is -0.384. The maximum absolute atomic E-state index is 13.7. The maximum Gasteiger partial charge on any atom is 0.345 e. The number of nitrogens with zero attached hydrogens (tertiary/aromatic N) is 3. The molecule has 0 spiro atoms. The van der Waals surface area contributed by atoms with E-state index in [2.05, 4.69) is 0 Å². The van der Waals surface area contributed by atoms with E-state index in [1.54, 1.807) is 0 Å². The lowest BCUT2D eigenvalue weighted by Gasteiger charge is -2.30. The highest BCUT2D eigenvalue weighted by Gasteiger charge is 2.51. The van der Waals surface area contributed by atoms with Crippen LogP contribution < -0.4 is 4.74 Å². The van der Waals surface area contributed by atoms with Crippen molar-refractivity contribution < 1.29 is 33.6 Å². The predicted octanol–water partition coefficient (Wildman–Crippen LogP) is 5.70. The summed E-state index contributed by atoms with van der Waals surface area (Å²) >= 11 is 11.9. The highest BCUT2D eigenvalue weighted by atomic mass is 35.5. The molecular weight excluding hydrogens is 613 g/mol. The number of amides is 3. The number of nitro benzene ring substituents is 1. The molecule has 3 amide bonds. The van der Waals surface area contributed by atoms with Crippen molar-refractivity contribution in [2.75, 3.05) is 6.54 Å². The molecule has 0 saturated carbocycles. The number of nitro groups is 1. The van der Waals surface area contributed by atoms with Gasteiger partial charge < -0.3 is 4.74 Å². The number of fused-ring (bicyclic) bond motifs is 1. The Labute approximate surface area is 260 Å². The van der Waals surface area contributed by atoms with Gasteiger partial charge in [0.1, 0.15) is 12.3 Å². The summed E-state index contributed by atoms with van der Waals surface area (Å²) in [6.07, 6.45) is 2.55. The number of rotatable bonds is 8. The molecule has 0 N–H and O–H groups in total. The third kappa shape index (κ3) is 6.10. The number of imide groups is 1. The topological polar surface area (TPSA) is 144 Å². The number of halogens is 2. The van der Waals surface area contributed by atoms with Gasteiger partial charge >= 0.3 is 5.97 Å². The summed E-state index contributed by atoms with van der Waals surface area (Å²) < 4.78 is 5.34. The summed E-state index contributed by atoms with van der Waals surface area (Å²) in [7, 11) is 0. The minimum absolute atomic E-state index is 0.0590. The first kappa shape index (κ1) is 30.6. The fraction of sp³-hybridized carbons (Fsp3) is 0.194. The number of benzene rings is 3. The van der Waals surface area contributed by atoms with Gasteiger partial charge in [0.15, 0.2) is 5.78 Å². The first-order chi connectivity index (χ1) is 20.9. The normalized spacial score (nSPS) is 17.5. The Morgan fingerprint density at radius 1 is 0.955 bits per heavy atom. The minimum Gasteiger partial charge on any atom is -0.423 e. The molecule has 3 aromatic carbocycles. The molecule has 1 aliphatic carbocycles. The summed E-state index contributed by atoms with van der Waals surface area (Å²) in [5, 5.41) is 13.1. The summed E-state index contributed by atoms with van der Waals surface area (Å²) in [6, 6.07) is 14.4. The lowest BCUT2D eigenvalue weighted by Crippen LogP contribution is -2.52. The Morgan fingerprint density at radius 3 is 2.23 bits per heavy atom. The molecule has 13 heteroatoms. The number of hydrogen-bond donors (Lipinski definition) is 0. The molecule has 0 bridgehead atoms. The second kappa shape index (κ2) is 12.4. The molecule has 1 saturated heterocycles. The van der Waals surface area contributed by atoms with Crippen molar-refractivity contribution in [1.82, 2.24) is 10.0 Å². The van der Waals surface area contributed by atoms with Crippen molar-refractivity contribution in [2.45, 2.75) is 19.8 Å². The van der Waals surface area contributed by atoms with Crippen molar-refractivity contribution in [2.24, 2.45) is 11.8 Å². The van der Waals surface area contributed by atoms with Crippen molar-refractivity contribution >= 4 is 58.4 Å². The smallest absolute Gasteiger partial charge is 0.345 e. The van der Waals surface area contributed by atoms with E-state index in [4.69, 9.17) is 27.9 Å². The molecule has 0 unspecified atom stereocenters. The third-order valence-corrected chi connectivity index (χ3v) is 7.98. The molecular formula is C31H23Cl2N3O8. The zero-order valence-corrected chi connectivity index (χ0v) is 24.6. The summed E-state index contributed by atoms with van der Waals surface area (Å²) in [5.74, 6) is -4.66. The second-order valence-corrected chi connectivity index (χ2v) is 11.2. The summed E-state index contributed by atoms with van der Waals surface area (Å²) in [5.41, 5.74) is 0.811. The van der Waals surface area contributed by atoms with Crippen LogP contribution in [0.1, 0.15) is 50.8 Å². The van der Waals surface area contributed by atoms with Gasteiger partial charge in [-0.15, -0.1) is 0 Å². The number of hydrogen-bond acceptors (Lipinski definition) is 8. The molecule has 2 aliphatic rings. The van der Waals surface area contributed by atoms with Gasteiger partial charge in [0.05, 0.1) is 27.3 Å². The first-order valence-electron chi connectivity index (χ1n) is 13.3. The van der Waals surface area contributed by atoms with Crippen LogP contribution in [0.5, 0.6) is 5.75 Å². The Morgan fingerprint density at radius 2 is 1.59 bits per heavy atom. The van der Waals surface area contributed by atoms with E-state index < -0.39 is 52.8 Å². The van der Waals surface area contributed by atoms with E-state index in [9.17, 15) is 34.1 Å².